The molecule has 0 radical (unpaired) electrons. The van der Waals surface area contributed by atoms with Crippen LogP contribution in [0.1, 0.15) is 31.0 Å². The van der Waals surface area contributed by atoms with E-state index in [2.05, 4.69) is 30.5 Å². The molecule has 0 aliphatic heterocycles. The molecular weight excluding hydrogens is 274 g/mol. The summed E-state index contributed by atoms with van der Waals surface area (Å²) in [4.78, 5) is 0. The summed E-state index contributed by atoms with van der Waals surface area (Å²) in [5.41, 5.74) is 2.14. The minimum absolute atomic E-state index is 0.382. The SMILES string of the molecule is COc1cccc(Cl)c1CNCc1cnn(C(C)C)c1. The zero-order chi connectivity index (χ0) is 14.5. The standard InChI is InChI=1S/C15H20ClN3O/c1-11(2)19-10-12(8-18-19)7-17-9-13-14(16)5-4-6-15(13)20-3/h4-6,8,10-11,17H,7,9H2,1-3H3. The molecule has 1 aromatic carbocycles. The molecule has 1 heterocycles. The first-order valence-electron chi connectivity index (χ1n) is 6.67. The van der Waals surface area contributed by atoms with Gasteiger partial charge in [0.25, 0.3) is 0 Å². The lowest BCUT2D eigenvalue weighted by Crippen LogP contribution is -2.13. The number of ether oxygens (including phenoxy) is 1. The van der Waals surface area contributed by atoms with Gasteiger partial charge in [0.1, 0.15) is 5.75 Å². The molecule has 0 aliphatic carbocycles. The van der Waals surface area contributed by atoms with E-state index in [9.17, 15) is 0 Å². The van der Waals surface area contributed by atoms with Gasteiger partial charge in [-0.15, -0.1) is 0 Å². The molecule has 108 valence electrons. The first-order valence-corrected chi connectivity index (χ1v) is 7.04. The van der Waals surface area contributed by atoms with E-state index in [0.717, 1.165) is 28.4 Å². The van der Waals surface area contributed by atoms with Crippen LogP contribution in [-0.2, 0) is 13.1 Å². The van der Waals surface area contributed by atoms with Crippen LogP contribution in [0, 0.1) is 0 Å². The first kappa shape index (κ1) is 14.9. The number of hydrogen-bond donors (Lipinski definition) is 1. The van der Waals surface area contributed by atoms with E-state index >= 15 is 0 Å². The molecule has 20 heavy (non-hydrogen) atoms. The molecule has 0 saturated carbocycles. The Kier molecular flexibility index (Phi) is 5.04. The van der Waals surface area contributed by atoms with Gasteiger partial charge in [-0.05, 0) is 26.0 Å². The van der Waals surface area contributed by atoms with Gasteiger partial charge in [-0.3, -0.25) is 4.68 Å². The summed E-state index contributed by atoms with van der Waals surface area (Å²) in [6, 6.07) is 6.06. The molecular formula is C15H20ClN3O. The maximum absolute atomic E-state index is 6.20. The molecule has 0 fully saturated rings. The van der Waals surface area contributed by atoms with Crippen molar-refractivity contribution in [2.45, 2.75) is 33.0 Å². The average Bonchev–Trinajstić information content (AvgIpc) is 2.89. The lowest BCUT2D eigenvalue weighted by atomic mass is 10.2. The first-order chi connectivity index (χ1) is 9.61. The van der Waals surface area contributed by atoms with E-state index in [1.807, 2.05) is 29.1 Å². The average molecular weight is 294 g/mol. The van der Waals surface area contributed by atoms with Crippen molar-refractivity contribution < 1.29 is 4.74 Å². The van der Waals surface area contributed by atoms with Crippen molar-refractivity contribution in [3.8, 4) is 5.75 Å². The molecule has 0 amide bonds. The summed E-state index contributed by atoms with van der Waals surface area (Å²) in [5.74, 6) is 0.808. The van der Waals surface area contributed by atoms with E-state index in [1.165, 1.54) is 0 Å². The predicted molar refractivity (Wildman–Crippen MR) is 81.2 cm³/mol. The summed E-state index contributed by atoms with van der Waals surface area (Å²) >= 11 is 6.20. The second kappa shape index (κ2) is 6.77. The van der Waals surface area contributed by atoms with Crippen LogP contribution in [0.15, 0.2) is 30.6 Å². The van der Waals surface area contributed by atoms with Gasteiger partial charge >= 0.3 is 0 Å². The highest BCUT2D eigenvalue weighted by molar-refractivity contribution is 6.31. The third kappa shape index (κ3) is 3.52. The van der Waals surface area contributed by atoms with Gasteiger partial charge in [0.05, 0.1) is 13.3 Å². The number of methoxy groups -OCH3 is 1. The van der Waals surface area contributed by atoms with Crippen molar-refractivity contribution in [2.75, 3.05) is 7.11 Å². The number of halogens is 1. The number of benzene rings is 1. The van der Waals surface area contributed by atoms with Crippen molar-refractivity contribution in [3.63, 3.8) is 0 Å². The topological polar surface area (TPSA) is 39.1 Å². The van der Waals surface area contributed by atoms with Gasteiger partial charge in [0.2, 0.25) is 0 Å². The number of hydrogen-bond acceptors (Lipinski definition) is 3. The van der Waals surface area contributed by atoms with Crippen LogP contribution in [-0.4, -0.2) is 16.9 Å². The Labute approximate surface area is 124 Å². The molecule has 0 bridgehead atoms. The second-order valence-electron chi connectivity index (χ2n) is 4.95. The van der Waals surface area contributed by atoms with Gasteiger partial charge in [-0.25, -0.2) is 0 Å². The van der Waals surface area contributed by atoms with Gasteiger partial charge in [-0.2, -0.15) is 5.10 Å². The van der Waals surface area contributed by atoms with Crippen molar-refractivity contribution in [1.29, 1.82) is 0 Å². The highest BCUT2D eigenvalue weighted by atomic mass is 35.5. The normalized spacial score (nSPS) is 11.1. The molecule has 4 nitrogen and oxygen atoms in total. The van der Waals surface area contributed by atoms with Crippen LogP contribution in [0.3, 0.4) is 0 Å². The summed E-state index contributed by atoms with van der Waals surface area (Å²) in [5, 5.41) is 8.40. The molecule has 0 atom stereocenters. The predicted octanol–water partition coefficient (Wildman–Crippen LogP) is 3.42. The van der Waals surface area contributed by atoms with Gasteiger partial charge < -0.3 is 10.1 Å². The van der Waals surface area contributed by atoms with Gasteiger partial charge in [-0.1, -0.05) is 17.7 Å². The molecule has 1 N–H and O–H groups in total. The van der Waals surface area contributed by atoms with Crippen LogP contribution >= 0.6 is 11.6 Å². The Morgan fingerprint density at radius 2 is 2.15 bits per heavy atom. The third-order valence-electron chi connectivity index (χ3n) is 3.11. The quantitative estimate of drug-likeness (QED) is 0.887. The minimum Gasteiger partial charge on any atom is -0.496 e. The minimum atomic E-state index is 0.382. The van der Waals surface area contributed by atoms with E-state index in [1.54, 1.807) is 7.11 Å². The van der Waals surface area contributed by atoms with Crippen molar-refractivity contribution in [2.24, 2.45) is 0 Å². The number of nitrogens with one attached hydrogen (secondary N) is 1. The van der Waals surface area contributed by atoms with Crippen molar-refractivity contribution in [3.05, 3.63) is 46.7 Å². The van der Waals surface area contributed by atoms with Gasteiger partial charge in [0, 0.05) is 41.5 Å². The fourth-order valence-electron chi connectivity index (χ4n) is 1.98. The van der Waals surface area contributed by atoms with Crippen molar-refractivity contribution >= 4 is 11.6 Å². The van der Waals surface area contributed by atoms with E-state index in [4.69, 9.17) is 16.3 Å². The van der Waals surface area contributed by atoms with Crippen LogP contribution in [0.4, 0.5) is 0 Å². The molecule has 5 heteroatoms. The lowest BCUT2D eigenvalue weighted by Gasteiger charge is -2.10. The molecule has 2 rings (SSSR count). The number of rotatable bonds is 6. The van der Waals surface area contributed by atoms with E-state index in [0.29, 0.717) is 12.6 Å². The molecule has 2 aromatic rings. The zero-order valence-electron chi connectivity index (χ0n) is 12.1. The van der Waals surface area contributed by atoms with Crippen LogP contribution in [0.2, 0.25) is 5.02 Å². The second-order valence-corrected chi connectivity index (χ2v) is 5.35. The van der Waals surface area contributed by atoms with E-state index in [-0.39, 0.29) is 0 Å². The monoisotopic (exact) mass is 293 g/mol. The van der Waals surface area contributed by atoms with E-state index < -0.39 is 0 Å². The summed E-state index contributed by atoms with van der Waals surface area (Å²) in [6.45, 7) is 5.63. The summed E-state index contributed by atoms with van der Waals surface area (Å²) in [7, 11) is 1.65. The summed E-state index contributed by atoms with van der Waals surface area (Å²) < 4.78 is 7.28. The Morgan fingerprint density at radius 3 is 2.80 bits per heavy atom. The van der Waals surface area contributed by atoms with Crippen molar-refractivity contribution in [1.82, 2.24) is 15.1 Å². The zero-order valence-corrected chi connectivity index (χ0v) is 12.8. The number of nitrogens with zero attached hydrogens (tertiary/aromatic N) is 2. The highest BCUT2D eigenvalue weighted by Gasteiger charge is 2.07. The lowest BCUT2D eigenvalue weighted by molar-refractivity contribution is 0.407. The van der Waals surface area contributed by atoms with Crippen LogP contribution in [0.25, 0.3) is 0 Å². The Balaban J connectivity index is 1.95. The molecule has 1 aromatic heterocycles. The Morgan fingerprint density at radius 1 is 1.35 bits per heavy atom. The van der Waals surface area contributed by atoms with Crippen LogP contribution < -0.4 is 10.1 Å². The molecule has 0 unspecified atom stereocenters. The van der Waals surface area contributed by atoms with Gasteiger partial charge in [0.15, 0.2) is 0 Å². The Bertz CT molecular complexity index is 566. The molecule has 0 spiro atoms. The third-order valence-corrected chi connectivity index (χ3v) is 3.46. The highest BCUT2D eigenvalue weighted by Crippen LogP contribution is 2.25. The van der Waals surface area contributed by atoms with Crippen LogP contribution in [0.5, 0.6) is 5.75 Å². The summed E-state index contributed by atoms with van der Waals surface area (Å²) in [6.07, 6.45) is 3.94. The smallest absolute Gasteiger partial charge is 0.124 e. The molecule has 0 saturated heterocycles. The fraction of sp³-hybridized carbons (Fsp3) is 0.400. The molecule has 0 aliphatic rings. The maximum Gasteiger partial charge on any atom is 0.124 e. The number of aromatic nitrogens is 2. The maximum atomic E-state index is 6.20. The Hall–Kier alpha value is -1.52. The fourth-order valence-corrected chi connectivity index (χ4v) is 2.22. The largest absolute Gasteiger partial charge is 0.496 e.